The maximum absolute atomic E-state index is 15.5. The zero-order chi connectivity index (χ0) is 22.0. The molecule has 0 unspecified atom stereocenters. The van der Waals surface area contributed by atoms with Crippen molar-refractivity contribution < 1.29 is 8.96 Å². The van der Waals surface area contributed by atoms with Crippen molar-refractivity contribution in [1.29, 1.82) is 0 Å². The number of benzene rings is 2. The second-order valence-electron chi connectivity index (χ2n) is 9.90. The Morgan fingerprint density at radius 2 is 1.77 bits per heavy atom. The Hall–Kier alpha value is -2.48. The molecule has 160 valence electrons. The molecular weight excluding hydrogens is 381 g/mol. The SMILES string of the molecule is CCCCc1cc2c3c4[n+](ccc3c1)C(CC)(CC)C=Cc1ccc(F)c(c1-4)C2(C)C. The van der Waals surface area contributed by atoms with E-state index >= 15 is 4.39 Å². The van der Waals surface area contributed by atoms with E-state index in [0.29, 0.717) is 0 Å². The Labute approximate surface area is 185 Å². The normalized spacial score (nSPS) is 17.1. The van der Waals surface area contributed by atoms with Gasteiger partial charge in [0.15, 0.2) is 11.7 Å². The number of aromatic nitrogens is 1. The third-order valence-corrected chi connectivity index (χ3v) is 7.93. The first-order chi connectivity index (χ1) is 14.9. The topological polar surface area (TPSA) is 3.88 Å². The van der Waals surface area contributed by atoms with Crippen LogP contribution in [0.5, 0.6) is 0 Å². The predicted molar refractivity (Wildman–Crippen MR) is 128 cm³/mol. The van der Waals surface area contributed by atoms with Crippen LogP contribution in [0.15, 0.2) is 42.6 Å². The highest BCUT2D eigenvalue weighted by Gasteiger charge is 2.46. The van der Waals surface area contributed by atoms with Crippen molar-refractivity contribution in [3.05, 3.63) is 70.7 Å². The van der Waals surface area contributed by atoms with Crippen molar-refractivity contribution in [1.82, 2.24) is 0 Å². The van der Waals surface area contributed by atoms with Gasteiger partial charge in [0.05, 0.1) is 10.9 Å². The minimum Gasteiger partial charge on any atom is -0.207 e. The van der Waals surface area contributed by atoms with Gasteiger partial charge in [0, 0.05) is 29.9 Å². The summed E-state index contributed by atoms with van der Waals surface area (Å²) in [4.78, 5) is 0. The largest absolute Gasteiger partial charge is 0.222 e. The van der Waals surface area contributed by atoms with Crippen LogP contribution in [0.3, 0.4) is 0 Å². The fourth-order valence-corrected chi connectivity index (χ4v) is 5.99. The zero-order valence-corrected chi connectivity index (χ0v) is 19.5. The molecule has 2 heterocycles. The summed E-state index contributed by atoms with van der Waals surface area (Å²) in [5.41, 5.74) is 6.42. The van der Waals surface area contributed by atoms with Crippen LogP contribution in [0.1, 0.15) is 82.6 Å². The average Bonchev–Trinajstić information content (AvgIpc) is 2.91. The molecule has 2 heteroatoms. The van der Waals surface area contributed by atoms with Crippen LogP contribution in [0.4, 0.5) is 4.39 Å². The van der Waals surface area contributed by atoms with Crippen molar-refractivity contribution in [2.24, 2.45) is 0 Å². The molecular formula is C29H33FN+. The van der Waals surface area contributed by atoms with Crippen molar-refractivity contribution >= 4 is 16.8 Å². The first-order valence-electron chi connectivity index (χ1n) is 11.9. The standard InChI is InChI=1S/C29H33FN/c1-6-9-10-19-17-21-14-16-31-27-24(21)22(18-19)28(4,5)26-23(30)12-11-20(25(26)27)13-15-29(31,7-2)8-3/h11-18H,6-10H2,1-5H3/q+1. The maximum Gasteiger partial charge on any atom is 0.222 e. The molecule has 0 saturated carbocycles. The van der Waals surface area contributed by atoms with Crippen molar-refractivity contribution in [2.75, 3.05) is 0 Å². The summed E-state index contributed by atoms with van der Waals surface area (Å²) < 4.78 is 18.0. The number of pyridine rings is 1. The lowest BCUT2D eigenvalue weighted by molar-refractivity contribution is -0.742. The molecule has 0 atom stereocenters. The molecule has 0 radical (unpaired) electrons. The molecule has 1 nitrogen and oxygen atoms in total. The molecule has 1 aromatic heterocycles. The monoisotopic (exact) mass is 414 g/mol. The zero-order valence-electron chi connectivity index (χ0n) is 19.5. The lowest BCUT2D eigenvalue weighted by Gasteiger charge is -2.36. The van der Waals surface area contributed by atoms with Gasteiger partial charge in [0.2, 0.25) is 5.69 Å². The van der Waals surface area contributed by atoms with Gasteiger partial charge in [-0.2, -0.15) is 4.57 Å². The van der Waals surface area contributed by atoms with Gasteiger partial charge in [-0.25, -0.2) is 4.39 Å². The molecule has 2 aliphatic rings. The Kier molecular flexibility index (Phi) is 4.62. The van der Waals surface area contributed by atoms with E-state index in [-0.39, 0.29) is 16.8 Å². The fourth-order valence-electron chi connectivity index (χ4n) is 5.99. The number of halogens is 1. The molecule has 1 aliphatic carbocycles. The van der Waals surface area contributed by atoms with Gasteiger partial charge < -0.3 is 0 Å². The van der Waals surface area contributed by atoms with E-state index in [2.05, 4.69) is 75.7 Å². The van der Waals surface area contributed by atoms with Gasteiger partial charge >= 0.3 is 0 Å². The summed E-state index contributed by atoms with van der Waals surface area (Å²) in [6, 6.07) is 10.7. The molecule has 1 aliphatic heterocycles. The molecule has 0 spiro atoms. The quantitative estimate of drug-likeness (QED) is 0.382. The van der Waals surface area contributed by atoms with Crippen LogP contribution < -0.4 is 4.57 Å². The van der Waals surface area contributed by atoms with Crippen LogP contribution in [-0.4, -0.2) is 0 Å². The van der Waals surface area contributed by atoms with Gasteiger partial charge in [-0.1, -0.05) is 65.3 Å². The van der Waals surface area contributed by atoms with Crippen molar-refractivity contribution in [3.63, 3.8) is 0 Å². The molecule has 0 N–H and O–H groups in total. The summed E-state index contributed by atoms with van der Waals surface area (Å²) >= 11 is 0. The molecule has 31 heavy (non-hydrogen) atoms. The predicted octanol–water partition coefficient (Wildman–Crippen LogP) is 7.46. The average molecular weight is 415 g/mol. The highest BCUT2D eigenvalue weighted by molar-refractivity contribution is 6.02. The Morgan fingerprint density at radius 3 is 2.48 bits per heavy atom. The minimum absolute atomic E-state index is 0.0918. The molecule has 0 saturated heterocycles. The number of hydrogen-bond donors (Lipinski definition) is 0. The van der Waals surface area contributed by atoms with E-state index in [1.165, 1.54) is 40.4 Å². The van der Waals surface area contributed by atoms with Crippen LogP contribution in [0.25, 0.3) is 28.1 Å². The Morgan fingerprint density at radius 1 is 1.00 bits per heavy atom. The molecule has 2 aromatic carbocycles. The van der Waals surface area contributed by atoms with Gasteiger partial charge in [0.1, 0.15) is 5.82 Å². The molecule has 0 fully saturated rings. The van der Waals surface area contributed by atoms with Gasteiger partial charge in [-0.3, -0.25) is 0 Å². The highest BCUT2D eigenvalue weighted by Crippen LogP contribution is 2.51. The molecule has 0 bridgehead atoms. The first kappa shape index (κ1) is 20.4. The summed E-state index contributed by atoms with van der Waals surface area (Å²) in [6.07, 6.45) is 12.3. The van der Waals surface area contributed by atoms with Crippen LogP contribution in [0.2, 0.25) is 0 Å². The summed E-state index contributed by atoms with van der Waals surface area (Å²) in [5.74, 6) is -0.0918. The molecule has 0 amide bonds. The molecule has 3 aromatic rings. The van der Waals surface area contributed by atoms with Gasteiger partial charge in [-0.05, 0) is 47.1 Å². The van der Waals surface area contributed by atoms with E-state index in [9.17, 15) is 0 Å². The summed E-state index contributed by atoms with van der Waals surface area (Å²) in [6.45, 7) is 11.2. The maximum atomic E-state index is 15.5. The van der Waals surface area contributed by atoms with Crippen molar-refractivity contribution in [2.45, 2.75) is 77.7 Å². The van der Waals surface area contributed by atoms with Crippen LogP contribution in [-0.2, 0) is 17.4 Å². The van der Waals surface area contributed by atoms with Gasteiger partial charge in [0.25, 0.3) is 0 Å². The van der Waals surface area contributed by atoms with E-state index in [1.807, 2.05) is 6.07 Å². The highest BCUT2D eigenvalue weighted by atomic mass is 19.1. The number of hydrogen-bond acceptors (Lipinski definition) is 0. The number of aryl methyl sites for hydroxylation is 1. The first-order valence-corrected chi connectivity index (χ1v) is 11.9. The summed E-state index contributed by atoms with van der Waals surface area (Å²) in [7, 11) is 0. The molecule has 5 rings (SSSR count). The number of unbranched alkanes of at least 4 members (excludes halogenated alkanes) is 1. The lowest BCUT2D eigenvalue weighted by atomic mass is 9.68. The number of nitrogens with zero attached hydrogens (tertiary/aromatic N) is 1. The van der Waals surface area contributed by atoms with Gasteiger partial charge in [-0.15, -0.1) is 0 Å². The lowest BCUT2D eigenvalue weighted by Crippen LogP contribution is -2.56. The van der Waals surface area contributed by atoms with E-state index < -0.39 is 0 Å². The third-order valence-electron chi connectivity index (χ3n) is 7.93. The minimum atomic E-state index is -0.388. The number of allylic oxidation sites excluding steroid dienone is 1. The van der Waals surface area contributed by atoms with Crippen LogP contribution >= 0.6 is 0 Å². The smallest absolute Gasteiger partial charge is 0.207 e. The second-order valence-corrected chi connectivity index (χ2v) is 9.90. The second kappa shape index (κ2) is 7.02. The number of rotatable bonds is 5. The fraction of sp³-hybridized carbons (Fsp3) is 0.414. The van der Waals surface area contributed by atoms with E-state index in [1.54, 1.807) is 6.07 Å². The Bertz CT molecular complexity index is 1230. The van der Waals surface area contributed by atoms with E-state index in [0.717, 1.165) is 36.0 Å². The Balaban J connectivity index is 1.99. The summed E-state index contributed by atoms with van der Waals surface area (Å²) in [5, 5.41) is 2.59. The van der Waals surface area contributed by atoms with E-state index in [4.69, 9.17) is 0 Å². The van der Waals surface area contributed by atoms with Crippen LogP contribution in [0, 0.1) is 5.82 Å². The van der Waals surface area contributed by atoms with Crippen molar-refractivity contribution in [3.8, 4) is 11.3 Å². The third kappa shape index (κ3) is 2.70.